The molecule has 0 saturated heterocycles. The maximum Gasteiger partial charge on any atom is 0.0949 e. The van der Waals surface area contributed by atoms with E-state index in [0.29, 0.717) is 0 Å². The Labute approximate surface area is 104 Å². The van der Waals surface area contributed by atoms with Crippen LogP contribution >= 0.6 is 0 Å². The minimum atomic E-state index is 0.122. The Kier molecular flexibility index (Phi) is 6.86. The highest BCUT2D eigenvalue weighted by molar-refractivity contribution is 5.24. The van der Waals surface area contributed by atoms with Crippen LogP contribution in [-0.2, 0) is 9.47 Å². The van der Waals surface area contributed by atoms with Crippen molar-refractivity contribution in [3.05, 3.63) is 35.4 Å². The van der Waals surface area contributed by atoms with Crippen LogP contribution < -0.4 is 5.32 Å². The van der Waals surface area contributed by atoms with Gasteiger partial charge < -0.3 is 14.8 Å². The molecule has 0 aromatic heterocycles. The largest absolute Gasteiger partial charge is 0.385 e. The first kappa shape index (κ1) is 14.2. The fourth-order valence-corrected chi connectivity index (χ4v) is 1.76. The number of nitrogens with one attached hydrogen (secondary N) is 1. The van der Waals surface area contributed by atoms with Gasteiger partial charge in [-0.2, -0.15) is 0 Å². The number of hydrogen-bond donors (Lipinski definition) is 1. The molecule has 0 radical (unpaired) electrons. The van der Waals surface area contributed by atoms with Gasteiger partial charge in [-0.15, -0.1) is 0 Å². The predicted molar refractivity (Wildman–Crippen MR) is 70.3 cm³/mol. The van der Waals surface area contributed by atoms with Gasteiger partial charge in [0.2, 0.25) is 0 Å². The summed E-state index contributed by atoms with van der Waals surface area (Å²) in [6.45, 7) is 4.41. The quantitative estimate of drug-likeness (QED) is 0.704. The molecule has 1 aromatic rings. The Hall–Kier alpha value is -0.900. The Morgan fingerprint density at radius 2 is 2.12 bits per heavy atom. The lowest BCUT2D eigenvalue weighted by Crippen LogP contribution is -2.20. The molecule has 0 heterocycles. The monoisotopic (exact) mass is 237 g/mol. The number of methoxy groups -OCH3 is 1. The third-order valence-corrected chi connectivity index (χ3v) is 2.62. The standard InChI is InChI=1S/C14H23NO2/c1-12-6-4-7-13(10-12)14(11-15-2)17-9-5-8-16-3/h4,6-7,10,14-15H,5,8-9,11H2,1-3H3. The molecule has 1 rings (SSSR count). The van der Waals surface area contributed by atoms with Crippen LogP contribution in [0.2, 0.25) is 0 Å². The molecule has 0 bridgehead atoms. The van der Waals surface area contributed by atoms with Crippen molar-refractivity contribution in [3.63, 3.8) is 0 Å². The highest BCUT2D eigenvalue weighted by atomic mass is 16.5. The summed E-state index contributed by atoms with van der Waals surface area (Å²) in [6, 6.07) is 8.47. The van der Waals surface area contributed by atoms with Crippen LogP contribution in [0.3, 0.4) is 0 Å². The van der Waals surface area contributed by atoms with Gasteiger partial charge in [-0.3, -0.25) is 0 Å². The van der Waals surface area contributed by atoms with Gasteiger partial charge in [0.1, 0.15) is 0 Å². The fraction of sp³-hybridized carbons (Fsp3) is 0.571. The summed E-state index contributed by atoms with van der Waals surface area (Å²) in [6.07, 6.45) is 1.06. The summed E-state index contributed by atoms with van der Waals surface area (Å²) in [4.78, 5) is 0. The second-order valence-electron chi connectivity index (χ2n) is 4.18. The van der Waals surface area contributed by atoms with Crippen molar-refractivity contribution in [2.45, 2.75) is 19.4 Å². The van der Waals surface area contributed by atoms with Gasteiger partial charge in [0.05, 0.1) is 6.10 Å². The molecule has 17 heavy (non-hydrogen) atoms. The molecule has 0 saturated carbocycles. The Balaban J connectivity index is 2.52. The molecule has 3 nitrogen and oxygen atoms in total. The SMILES string of the molecule is CNCC(OCCCOC)c1cccc(C)c1. The van der Waals surface area contributed by atoms with Gasteiger partial charge >= 0.3 is 0 Å². The second kappa shape index (κ2) is 8.23. The number of aryl methyl sites for hydroxylation is 1. The van der Waals surface area contributed by atoms with Crippen LogP contribution in [0.15, 0.2) is 24.3 Å². The molecule has 0 fully saturated rings. The van der Waals surface area contributed by atoms with E-state index in [0.717, 1.165) is 26.2 Å². The van der Waals surface area contributed by atoms with Crippen molar-refractivity contribution in [1.29, 1.82) is 0 Å². The third kappa shape index (κ3) is 5.31. The number of rotatable bonds is 8. The van der Waals surface area contributed by atoms with Crippen molar-refractivity contribution in [3.8, 4) is 0 Å². The molecule has 0 spiro atoms. The number of benzene rings is 1. The Morgan fingerprint density at radius 1 is 1.29 bits per heavy atom. The zero-order chi connectivity index (χ0) is 12.5. The van der Waals surface area contributed by atoms with Crippen LogP contribution in [0, 0.1) is 6.92 Å². The van der Waals surface area contributed by atoms with Crippen molar-refractivity contribution < 1.29 is 9.47 Å². The smallest absolute Gasteiger partial charge is 0.0949 e. The molecule has 1 atom stereocenters. The zero-order valence-corrected chi connectivity index (χ0v) is 11.0. The third-order valence-electron chi connectivity index (χ3n) is 2.62. The van der Waals surface area contributed by atoms with E-state index in [1.165, 1.54) is 11.1 Å². The normalized spacial score (nSPS) is 12.6. The van der Waals surface area contributed by atoms with E-state index in [4.69, 9.17) is 9.47 Å². The number of hydrogen-bond acceptors (Lipinski definition) is 3. The van der Waals surface area contributed by atoms with Crippen molar-refractivity contribution in [1.82, 2.24) is 5.32 Å². The van der Waals surface area contributed by atoms with E-state index in [1.54, 1.807) is 7.11 Å². The molecule has 0 aliphatic heterocycles. The van der Waals surface area contributed by atoms with E-state index >= 15 is 0 Å². The van der Waals surface area contributed by atoms with E-state index in [1.807, 2.05) is 7.05 Å². The minimum absolute atomic E-state index is 0.122. The molecule has 1 N–H and O–H groups in total. The van der Waals surface area contributed by atoms with E-state index in [2.05, 4.69) is 36.5 Å². The Bertz CT molecular complexity index is 315. The summed E-state index contributed by atoms with van der Waals surface area (Å²) >= 11 is 0. The van der Waals surface area contributed by atoms with E-state index < -0.39 is 0 Å². The topological polar surface area (TPSA) is 30.5 Å². The maximum atomic E-state index is 5.88. The van der Waals surface area contributed by atoms with Crippen LogP contribution in [0.4, 0.5) is 0 Å². The minimum Gasteiger partial charge on any atom is -0.385 e. The lowest BCUT2D eigenvalue weighted by atomic mass is 10.1. The maximum absolute atomic E-state index is 5.88. The molecule has 96 valence electrons. The number of likely N-dealkylation sites (N-methyl/N-ethyl adjacent to an activating group) is 1. The first-order valence-corrected chi connectivity index (χ1v) is 6.09. The fourth-order valence-electron chi connectivity index (χ4n) is 1.76. The average Bonchev–Trinajstić information content (AvgIpc) is 2.33. The molecule has 0 aliphatic carbocycles. The Morgan fingerprint density at radius 3 is 2.76 bits per heavy atom. The van der Waals surface area contributed by atoms with E-state index in [9.17, 15) is 0 Å². The van der Waals surface area contributed by atoms with Gasteiger partial charge in [0.15, 0.2) is 0 Å². The molecule has 0 amide bonds. The van der Waals surface area contributed by atoms with Crippen LogP contribution in [0.1, 0.15) is 23.7 Å². The van der Waals surface area contributed by atoms with Crippen LogP contribution in [-0.4, -0.2) is 33.9 Å². The van der Waals surface area contributed by atoms with Gasteiger partial charge in [0.25, 0.3) is 0 Å². The molecule has 3 heteroatoms. The summed E-state index contributed by atoms with van der Waals surface area (Å²) < 4.78 is 10.9. The van der Waals surface area contributed by atoms with Gasteiger partial charge in [-0.1, -0.05) is 29.8 Å². The average molecular weight is 237 g/mol. The summed E-state index contributed by atoms with van der Waals surface area (Å²) in [5.41, 5.74) is 2.50. The van der Waals surface area contributed by atoms with Crippen molar-refractivity contribution in [2.75, 3.05) is 33.9 Å². The number of ether oxygens (including phenoxy) is 2. The van der Waals surface area contributed by atoms with E-state index in [-0.39, 0.29) is 6.10 Å². The van der Waals surface area contributed by atoms with Gasteiger partial charge in [-0.25, -0.2) is 0 Å². The van der Waals surface area contributed by atoms with Gasteiger partial charge in [-0.05, 0) is 26.0 Å². The first-order chi connectivity index (χ1) is 8.27. The van der Waals surface area contributed by atoms with Crippen molar-refractivity contribution >= 4 is 0 Å². The highest BCUT2D eigenvalue weighted by Crippen LogP contribution is 2.18. The van der Waals surface area contributed by atoms with Gasteiger partial charge in [0, 0.05) is 26.9 Å². The van der Waals surface area contributed by atoms with Crippen molar-refractivity contribution in [2.24, 2.45) is 0 Å². The molecule has 1 aromatic carbocycles. The zero-order valence-electron chi connectivity index (χ0n) is 11.0. The predicted octanol–water partition coefficient (Wildman–Crippen LogP) is 2.31. The molecular weight excluding hydrogens is 214 g/mol. The summed E-state index contributed by atoms with van der Waals surface area (Å²) in [5, 5.41) is 3.17. The summed E-state index contributed by atoms with van der Waals surface area (Å²) in [7, 11) is 3.66. The molecule has 0 aliphatic rings. The second-order valence-corrected chi connectivity index (χ2v) is 4.18. The molecule has 1 unspecified atom stereocenters. The first-order valence-electron chi connectivity index (χ1n) is 6.09. The summed E-state index contributed by atoms with van der Waals surface area (Å²) in [5.74, 6) is 0. The highest BCUT2D eigenvalue weighted by Gasteiger charge is 2.10. The lowest BCUT2D eigenvalue weighted by molar-refractivity contribution is 0.0399. The lowest BCUT2D eigenvalue weighted by Gasteiger charge is -2.18. The van der Waals surface area contributed by atoms with Crippen LogP contribution in [0.25, 0.3) is 0 Å². The van der Waals surface area contributed by atoms with Crippen LogP contribution in [0.5, 0.6) is 0 Å². The molecular formula is C14H23NO2.